The van der Waals surface area contributed by atoms with Gasteiger partial charge in [-0.15, -0.1) is 0 Å². The highest BCUT2D eigenvalue weighted by Crippen LogP contribution is 2.14. The van der Waals surface area contributed by atoms with Gasteiger partial charge in [0, 0.05) is 6.07 Å². The van der Waals surface area contributed by atoms with Crippen molar-refractivity contribution in [2.75, 3.05) is 0 Å². The molecule has 0 atom stereocenters. The molecule has 0 heterocycles. The number of para-hydroxylation sites is 1. The maximum atomic E-state index is 10.4. The number of nitro groups is 1. The van der Waals surface area contributed by atoms with Crippen molar-refractivity contribution in [1.82, 2.24) is 0 Å². The summed E-state index contributed by atoms with van der Waals surface area (Å²) in [7, 11) is 0. The van der Waals surface area contributed by atoms with Crippen molar-refractivity contribution in [2.45, 2.75) is 0 Å². The summed E-state index contributed by atoms with van der Waals surface area (Å²) in [5, 5.41) is 10.4. The predicted molar refractivity (Wildman–Crippen MR) is 41.9 cm³/mol. The van der Waals surface area contributed by atoms with Crippen LogP contribution in [0, 0.1) is 10.1 Å². The van der Waals surface area contributed by atoms with E-state index in [1.807, 2.05) is 0 Å². The molecular weight excluding hydrogens is 158 g/mol. The van der Waals surface area contributed by atoms with Gasteiger partial charge in [-0.25, -0.2) is 0 Å². The molecule has 0 aliphatic carbocycles. The molecule has 0 saturated carbocycles. The minimum absolute atomic E-state index is 0.0738. The summed E-state index contributed by atoms with van der Waals surface area (Å²) in [5.41, 5.74) is 8.38. The third-order valence-electron chi connectivity index (χ3n) is 1.33. The molecule has 0 N–H and O–H groups in total. The quantitative estimate of drug-likeness (QED) is 0.216. The van der Waals surface area contributed by atoms with Crippen LogP contribution in [0.4, 0.5) is 5.69 Å². The molecule has 0 aliphatic rings. The Kier molecular flexibility index (Phi) is 2.30. The van der Waals surface area contributed by atoms with E-state index < -0.39 is 4.92 Å². The standard InChI is InChI=1S/C7H5N3O2/c8-9-5-6-3-1-2-4-7(6)10(11)12/h1-5H. The molecule has 12 heavy (non-hydrogen) atoms. The fourth-order valence-corrected chi connectivity index (χ4v) is 0.825. The van der Waals surface area contributed by atoms with E-state index in [1.54, 1.807) is 12.1 Å². The van der Waals surface area contributed by atoms with Crippen molar-refractivity contribution in [2.24, 2.45) is 0 Å². The van der Waals surface area contributed by atoms with Crippen LogP contribution in [0.3, 0.4) is 0 Å². The van der Waals surface area contributed by atoms with Gasteiger partial charge >= 0.3 is 0 Å². The fourth-order valence-electron chi connectivity index (χ4n) is 0.825. The Hall–Kier alpha value is -2.00. The first kappa shape index (κ1) is 8.10. The van der Waals surface area contributed by atoms with Crippen LogP contribution in [0.1, 0.15) is 5.56 Å². The van der Waals surface area contributed by atoms with E-state index in [0.717, 1.165) is 6.21 Å². The van der Waals surface area contributed by atoms with E-state index in [2.05, 4.69) is 4.79 Å². The minimum Gasteiger partial charge on any atom is -0.361 e. The molecule has 0 spiro atoms. The van der Waals surface area contributed by atoms with Crippen molar-refractivity contribution in [1.29, 1.82) is 0 Å². The fraction of sp³-hybridized carbons (Fsp3) is 0. The van der Waals surface area contributed by atoms with Gasteiger partial charge in [0.2, 0.25) is 0 Å². The molecule has 1 aromatic carbocycles. The predicted octanol–water partition coefficient (Wildman–Crippen LogP) is 1.24. The zero-order chi connectivity index (χ0) is 8.97. The van der Waals surface area contributed by atoms with Gasteiger partial charge in [-0.05, 0) is 6.07 Å². The summed E-state index contributed by atoms with van der Waals surface area (Å²) in [4.78, 5) is 12.5. The van der Waals surface area contributed by atoms with Crippen LogP contribution in [0.5, 0.6) is 0 Å². The topological polar surface area (TPSA) is 79.5 Å². The lowest BCUT2D eigenvalue weighted by molar-refractivity contribution is -0.385. The molecule has 0 amide bonds. The normalized spacial score (nSPS) is 8.67. The minimum atomic E-state index is -0.531. The summed E-state index contributed by atoms with van der Waals surface area (Å²) in [6, 6.07) is 6.02. The van der Waals surface area contributed by atoms with Crippen molar-refractivity contribution < 1.29 is 9.71 Å². The first-order chi connectivity index (χ1) is 5.75. The molecule has 5 heteroatoms. The summed E-state index contributed by atoms with van der Waals surface area (Å²) >= 11 is 0. The van der Waals surface area contributed by atoms with E-state index in [9.17, 15) is 10.1 Å². The number of rotatable bonds is 2. The molecular formula is C7H5N3O2. The third-order valence-corrected chi connectivity index (χ3v) is 1.33. The second-order valence-corrected chi connectivity index (χ2v) is 2.06. The average molecular weight is 163 g/mol. The summed E-state index contributed by atoms with van der Waals surface area (Å²) in [6.45, 7) is 0. The number of hydrogen-bond acceptors (Lipinski definition) is 2. The van der Waals surface area contributed by atoms with Crippen LogP contribution in [0.2, 0.25) is 0 Å². The number of nitro benzene ring substituents is 1. The Labute approximate surface area is 68.0 Å². The highest BCUT2D eigenvalue weighted by Gasteiger charge is 2.12. The lowest BCUT2D eigenvalue weighted by atomic mass is 10.2. The van der Waals surface area contributed by atoms with Crippen LogP contribution < -0.4 is 0 Å². The summed E-state index contributed by atoms with van der Waals surface area (Å²) in [5.74, 6) is 0. The van der Waals surface area contributed by atoms with E-state index in [1.165, 1.54) is 12.1 Å². The van der Waals surface area contributed by atoms with Crippen LogP contribution in [-0.2, 0) is 0 Å². The molecule has 0 saturated heterocycles. The van der Waals surface area contributed by atoms with Gasteiger partial charge in [0.25, 0.3) is 11.9 Å². The summed E-state index contributed by atoms with van der Waals surface area (Å²) in [6.07, 6.45) is 1.03. The van der Waals surface area contributed by atoms with Crippen LogP contribution in [0.25, 0.3) is 5.53 Å². The highest BCUT2D eigenvalue weighted by atomic mass is 16.6. The average Bonchev–Trinajstić information content (AvgIpc) is 2.05. The van der Waals surface area contributed by atoms with Crippen LogP contribution in [-0.4, -0.2) is 15.9 Å². The number of benzene rings is 1. The zero-order valence-electron chi connectivity index (χ0n) is 6.04. The van der Waals surface area contributed by atoms with Crippen molar-refractivity contribution in [3.05, 3.63) is 45.5 Å². The van der Waals surface area contributed by atoms with E-state index >= 15 is 0 Å². The van der Waals surface area contributed by atoms with Gasteiger partial charge in [-0.3, -0.25) is 10.1 Å². The van der Waals surface area contributed by atoms with Crippen molar-refractivity contribution >= 4 is 11.9 Å². The maximum Gasteiger partial charge on any atom is 0.294 e. The van der Waals surface area contributed by atoms with Crippen molar-refractivity contribution in [3.8, 4) is 0 Å². The molecule has 0 radical (unpaired) electrons. The molecule has 0 aliphatic heterocycles. The number of nitrogens with zero attached hydrogens (tertiary/aromatic N) is 3. The molecule has 0 bridgehead atoms. The molecule has 5 nitrogen and oxygen atoms in total. The maximum absolute atomic E-state index is 10.4. The Morgan fingerprint density at radius 1 is 1.50 bits per heavy atom. The highest BCUT2D eigenvalue weighted by molar-refractivity contribution is 5.81. The van der Waals surface area contributed by atoms with Crippen LogP contribution >= 0.6 is 0 Å². The molecule has 1 aromatic rings. The largest absolute Gasteiger partial charge is 0.361 e. The van der Waals surface area contributed by atoms with Gasteiger partial charge in [-0.1, -0.05) is 12.1 Å². The van der Waals surface area contributed by atoms with Gasteiger partial charge in [0.15, 0.2) is 0 Å². The van der Waals surface area contributed by atoms with Crippen LogP contribution in [0.15, 0.2) is 24.3 Å². The molecule has 60 valence electrons. The Morgan fingerprint density at radius 2 is 2.17 bits per heavy atom. The second kappa shape index (κ2) is 3.41. The SMILES string of the molecule is [N-]=[N+]=Cc1ccccc1[N+](=O)[O-]. The van der Waals surface area contributed by atoms with Gasteiger partial charge < -0.3 is 5.53 Å². The lowest BCUT2D eigenvalue weighted by Crippen LogP contribution is -1.93. The van der Waals surface area contributed by atoms with Gasteiger partial charge in [0.05, 0.1) is 4.92 Å². The van der Waals surface area contributed by atoms with Gasteiger partial charge in [0.1, 0.15) is 5.56 Å². The van der Waals surface area contributed by atoms with E-state index in [0.29, 0.717) is 0 Å². The molecule has 1 rings (SSSR count). The number of hydrogen-bond donors (Lipinski definition) is 0. The lowest BCUT2D eigenvalue weighted by Gasteiger charge is -1.90. The van der Waals surface area contributed by atoms with E-state index in [-0.39, 0.29) is 11.3 Å². The zero-order valence-corrected chi connectivity index (χ0v) is 6.04. The molecule has 0 fully saturated rings. The Bertz CT molecular complexity index is 334. The smallest absolute Gasteiger partial charge is 0.294 e. The Balaban J connectivity index is 3.26. The Morgan fingerprint density at radius 3 is 2.75 bits per heavy atom. The van der Waals surface area contributed by atoms with Crippen molar-refractivity contribution in [3.63, 3.8) is 0 Å². The molecule has 0 unspecified atom stereocenters. The first-order valence-electron chi connectivity index (χ1n) is 3.16. The van der Waals surface area contributed by atoms with E-state index in [4.69, 9.17) is 5.53 Å². The second-order valence-electron chi connectivity index (χ2n) is 2.06. The monoisotopic (exact) mass is 163 g/mol. The molecule has 0 aromatic heterocycles. The third kappa shape index (κ3) is 1.53. The van der Waals surface area contributed by atoms with Gasteiger partial charge in [-0.2, -0.15) is 4.79 Å². The first-order valence-corrected chi connectivity index (χ1v) is 3.16. The summed E-state index contributed by atoms with van der Waals surface area (Å²) < 4.78 is 0.